The normalized spacial score (nSPS) is 19.5. The summed E-state index contributed by atoms with van der Waals surface area (Å²) in [6.07, 6.45) is 3.81. The number of amides is 2. The Bertz CT molecular complexity index is 1140. The Morgan fingerprint density at radius 2 is 2.00 bits per heavy atom. The van der Waals surface area contributed by atoms with Gasteiger partial charge in [0.1, 0.15) is 0 Å². The number of benzene rings is 1. The minimum absolute atomic E-state index is 0.110. The number of hydrogen-bond acceptors (Lipinski definition) is 4. The molecule has 1 atom stereocenters. The Kier molecular flexibility index (Phi) is 3.75. The van der Waals surface area contributed by atoms with Crippen molar-refractivity contribution >= 4 is 16.9 Å². The van der Waals surface area contributed by atoms with Gasteiger partial charge < -0.3 is 15.2 Å². The first-order valence-corrected chi connectivity index (χ1v) is 9.66. The summed E-state index contributed by atoms with van der Waals surface area (Å²) in [6, 6.07) is 8.69. The lowest BCUT2D eigenvalue weighted by molar-refractivity contribution is 0.200. The summed E-state index contributed by atoms with van der Waals surface area (Å²) in [7, 11) is 1.76. The number of nitrogens with two attached hydrogens (primary N) is 1. The molecule has 1 aliphatic carbocycles. The predicted octanol–water partition coefficient (Wildman–Crippen LogP) is 2.21. The summed E-state index contributed by atoms with van der Waals surface area (Å²) in [5.41, 5.74) is 7.02. The van der Waals surface area contributed by atoms with Crippen LogP contribution >= 0.6 is 0 Å². The highest BCUT2D eigenvalue weighted by Gasteiger charge is 2.36. The Balaban J connectivity index is 1.75. The van der Waals surface area contributed by atoms with Crippen LogP contribution in [-0.4, -0.2) is 36.8 Å². The SMILES string of the molecule is Cn1c(=O)cc(-n2nc(C3CC3)nc2[C@@H]2CCCN2C(N)=O)c2ccccc21. The Labute approximate surface area is 161 Å². The van der Waals surface area contributed by atoms with Crippen molar-refractivity contribution in [2.75, 3.05) is 6.54 Å². The minimum atomic E-state index is -0.446. The van der Waals surface area contributed by atoms with E-state index in [4.69, 9.17) is 15.8 Å². The van der Waals surface area contributed by atoms with Gasteiger partial charge in [0.25, 0.3) is 5.56 Å². The molecule has 0 spiro atoms. The first-order valence-electron chi connectivity index (χ1n) is 9.66. The van der Waals surface area contributed by atoms with E-state index in [9.17, 15) is 9.59 Å². The van der Waals surface area contributed by atoms with Gasteiger partial charge in [-0.05, 0) is 31.7 Å². The molecule has 2 aromatic heterocycles. The van der Waals surface area contributed by atoms with Crippen molar-refractivity contribution in [3.05, 3.63) is 52.3 Å². The molecule has 28 heavy (non-hydrogen) atoms. The fraction of sp³-hybridized carbons (Fsp3) is 0.400. The highest BCUT2D eigenvalue weighted by Crippen LogP contribution is 2.40. The number of hydrogen-bond donors (Lipinski definition) is 1. The third-order valence-electron chi connectivity index (χ3n) is 5.79. The standard InChI is InChI=1S/C20H22N6O2/c1-24-14-6-3-2-5-13(14)16(11-17(24)27)26-19(22-18(23-26)12-8-9-12)15-7-4-10-25(15)20(21)28/h2-3,5-6,11-12,15H,4,7-10H2,1H3,(H2,21,28)/t15-/m0/s1. The van der Waals surface area contributed by atoms with E-state index < -0.39 is 6.03 Å². The van der Waals surface area contributed by atoms with Gasteiger partial charge in [-0.3, -0.25) is 4.79 Å². The molecule has 3 heterocycles. The molecule has 0 unspecified atom stereocenters. The molecule has 1 saturated heterocycles. The van der Waals surface area contributed by atoms with Gasteiger partial charge in [0.05, 0.1) is 17.2 Å². The van der Waals surface area contributed by atoms with Gasteiger partial charge in [0.2, 0.25) is 0 Å². The molecule has 2 aliphatic rings. The molecular formula is C20H22N6O2. The number of carbonyl (C=O) groups excluding carboxylic acids is 1. The Hall–Kier alpha value is -3.16. The zero-order chi connectivity index (χ0) is 19.4. The van der Waals surface area contributed by atoms with Crippen molar-refractivity contribution in [1.82, 2.24) is 24.2 Å². The van der Waals surface area contributed by atoms with E-state index in [1.807, 2.05) is 24.3 Å². The number of urea groups is 1. The van der Waals surface area contributed by atoms with Crippen LogP contribution in [0.5, 0.6) is 0 Å². The second kappa shape index (κ2) is 6.19. The number of likely N-dealkylation sites (tertiary alicyclic amines) is 1. The fourth-order valence-electron chi connectivity index (χ4n) is 4.12. The van der Waals surface area contributed by atoms with Crippen molar-refractivity contribution in [3.8, 4) is 5.69 Å². The van der Waals surface area contributed by atoms with Gasteiger partial charge in [-0.15, -0.1) is 0 Å². The number of carbonyl (C=O) groups is 1. The smallest absolute Gasteiger partial charge is 0.315 e. The topological polar surface area (TPSA) is 99.0 Å². The van der Waals surface area contributed by atoms with Gasteiger partial charge in [-0.1, -0.05) is 18.2 Å². The summed E-state index contributed by atoms with van der Waals surface area (Å²) in [5, 5.41) is 5.70. The van der Waals surface area contributed by atoms with Crippen LogP contribution in [0.15, 0.2) is 35.1 Å². The van der Waals surface area contributed by atoms with E-state index in [1.54, 1.807) is 27.3 Å². The highest BCUT2D eigenvalue weighted by atomic mass is 16.2. The maximum absolute atomic E-state index is 12.6. The monoisotopic (exact) mass is 378 g/mol. The van der Waals surface area contributed by atoms with E-state index in [1.165, 1.54) is 0 Å². The van der Waals surface area contributed by atoms with Crippen molar-refractivity contribution in [3.63, 3.8) is 0 Å². The number of rotatable bonds is 3. The molecule has 0 bridgehead atoms. The lowest BCUT2D eigenvalue weighted by Crippen LogP contribution is -2.36. The molecule has 2 fully saturated rings. The predicted molar refractivity (Wildman–Crippen MR) is 104 cm³/mol. The minimum Gasteiger partial charge on any atom is -0.351 e. The average Bonchev–Trinajstić information content (AvgIpc) is 3.26. The number of primary amides is 1. The van der Waals surface area contributed by atoms with E-state index in [0.717, 1.165) is 42.4 Å². The van der Waals surface area contributed by atoms with E-state index >= 15 is 0 Å². The van der Waals surface area contributed by atoms with Crippen molar-refractivity contribution < 1.29 is 4.79 Å². The lowest BCUT2D eigenvalue weighted by Gasteiger charge is -2.22. The largest absolute Gasteiger partial charge is 0.351 e. The molecular weight excluding hydrogens is 356 g/mol. The third kappa shape index (κ3) is 2.59. The molecule has 2 amide bonds. The van der Waals surface area contributed by atoms with Crippen molar-refractivity contribution in [2.45, 2.75) is 37.6 Å². The first kappa shape index (κ1) is 17.0. The summed E-state index contributed by atoms with van der Waals surface area (Å²) in [4.78, 5) is 31.0. The van der Waals surface area contributed by atoms with Crippen LogP contribution in [0.4, 0.5) is 4.79 Å². The lowest BCUT2D eigenvalue weighted by atomic mass is 10.1. The number of aryl methyl sites for hydroxylation is 1. The highest BCUT2D eigenvalue weighted by molar-refractivity contribution is 5.87. The number of pyridine rings is 1. The second-order valence-corrected chi connectivity index (χ2v) is 7.65. The second-order valence-electron chi connectivity index (χ2n) is 7.65. The molecule has 3 aromatic rings. The van der Waals surface area contributed by atoms with Gasteiger partial charge in [-0.2, -0.15) is 5.10 Å². The molecule has 1 aliphatic heterocycles. The maximum Gasteiger partial charge on any atom is 0.315 e. The van der Waals surface area contributed by atoms with Gasteiger partial charge >= 0.3 is 6.03 Å². The molecule has 8 heteroatoms. The van der Waals surface area contributed by atoms with Gasteiger partial charge in [0.15, 0.2) is 11.6 Å². The summed E-state index contributed by atoms with van der Waals surface area (Å²) in [6.45, 7) is 0.614. The van der Waals surface area contributed by atoms with Crippen LogP contribution in [0.25, 0.3) is 16.6 Å². The Morgan fingerprint density at radius 1 is 1.21 bits per heavy atom. The molecule has 2 N–H and O–H groups in total. The molecule has 1 aromatic carbocycles. The molecule has 0 radical (unpaired) electrons. The van der Waals surface area contributed by atoms with E-state index in [-0.39, 0.29) is 11.6 Å². The average molecular weight is 378 g/mol. The van der Waals surface area contributed by atoms with Crippen molar-refractivity contribution in [2.24, 2.45) is 12.8 Å². The fourth-order valence-corrected chi connectivity index (χ4v) is 4.12. The number of fused-ring (bicyclic) bond motifs is 1. The Morgan fingerprint density at radius 3 is 2.75 bits per heavy atom. The van der Waals surface area contributed by atoms with Crippen LogP contribution in [0.1, 0.15) is 49.3 Å². The zero-order valence-electron chi connectivity index (χ0n) is 15.7. The van der Waals surface area contributed by atoms with Crippen LogP contribution in [0.3, 0.4) is 0 Å². The van der Waals surface area contributed by atoms with Crippen LogP contribution < -0.4 is 11.3 Å². The van der Waals surface area contributed by atoms with Crippen LogP contribution in [0, 0.1) is 0 Å². The molecule has 1 saturated carbocycles. The van der Waals surface area contributed by atoms with Crippen molar-refractivity contribution in [1.29, 1.82) is 0 Å². The van der Waals surface area contributed by atoms with E-state index in [2.05, 4.69) is 0 Å². The number of nitrogens with zero attached hydrogens (tertiary/aromatic N) is 5. The number of para-hydroxylation sites is 1. The molecule has 5 rings (SSSR count). The quantitative estimate of drug-likeness (QED) is 0.755. The van der Waals surface area contributed by atoms with Crippen LogP contribution in [0.2, 0.25) is 0 Å². The molecule has 8 nitrogen and oxygen atoms in total. The summed E-state index contributed by atoms with van der Waals surface area (Å²) in [5.74, 6) is 1.84. The third-order valence-corrected chi connectivity index (χ3v) is 5.79. The summed E-state index contributed by atoms with van der Waals surface area (Å²) < 4.78 is 3.39. The maximum atomic E-state index is 12.6. The number of aromatic nitrogens is 4. The first-order chi connectivity index (χ1) is 13.5. The van der Waals surface area contributed by atoms with E-state index in [0.29, 0.717) is 24.0 Å². The van der Waals surface area contributed by atoms with Gasteiger partial charge in [-0.25, -0.2) is 14.5 Å². The summed E-state index contributed by atoms with van der Waals surface area (Å²) >= 11 is 0. The zero-order valence-corrected chi connectivity index (χ0v) is 15.7. The van der Waals surface area contributed by atoms with Crippen LogP contribution in [-0.2, 0) is 7.05 Å². The molecule has 144 valence electrons. The van der Waals surface area contributed by atoms with Gasteiger partial charge in [0, 0.05) is 31.0 Å².